The van der Waals surface area contributed by atoms with Gasteiger partial charge < -0.3 is 10.4 Å². The van der Waals surface area contributed by atoms with Crippen LogP contribution in [0.2, 0.25) is 5.15 Å². The van der Waals surface area contributed by atoms with Gasteiger partial charge >= 0.3 is 5.97 Å². The monoisotopic (exact) mass is 322 g/mol. The molecule has 1 amide bonds. The number of hydrogen-bond donors (Lipinski definition) is 2. The Hall–Kier alpha value is -1.92. The fraction of sp³-hybridized carbons (Fsp3) is 0.214. The number of amides is 1. The van der Waals surface area contributed by atoms with Crippen LogP contribution >= 0.6 is 22.9 Å². The third-order valence-electron chi connectivity index (χ3n) is 3.35. The number of anilines is 1. The molecule has 0 radical (unpaired) electrons. The van der Waals surface area contributed by atoms with Gasteiger partial charge in [-0.3, -0.25) is 4.79 Å². The molecule has 0 atom stereocenters. The molecule has 3 rings (SSSR count). The number of halogens is 1. The first-order valence-electron chi connectivity index (χ1n) is 6.37. The van der Waals surface area contributed by atoms with E-state index in [1.54, 1.807) is 6.07 Å². The normalized spacial score (nSPS) is 13.0. The molecule has 0 unspecified atom stereocenters. The summed E-state index contributed by atoms with van der Waals surface area (Å²) in [4.78, 5) is 28.5. The number of fused-ring (bicyclic) bond motifs is 1. The Bertz CT molecular complexity index is 725. The van der Waals surface area contributed by atoms with Crippen molar-refractivity contribution >= 4 is 39.8 Å². The molecule has 108 valence electrons. The lowest BCUT2D eigenvalue weighted by molar-refractivity contribution is 0.0697. The smallest absolute Gasteiger partial charge is 0.339 e. The highest BCUT2D eigenvalue weighted by atomic mass is 35.5. The predicted molar refractivity (Wildman–Crippen MR) is 80.5 cm³/mol. The van der Waals surface area contributed by atoms with Crippen molar-refractivity contribution in [2.45, 2.75) is 19.3 Å². The van der Waals surface area contributed by atoms with Gasteiger partial charge in [-0.1, -0.05) is 11.6 Å². The molecule has 5 nitrogen and oxygen atoms in total. The lowest BCUT2D eigenvalue weighted by Crippen LogP contribution is -2.14. The summed E-state index contributed by atoms with van der Waals surface area (Å²) in [6.07, 6.45) is 3.96. The molecule has 7 heteroatoms. The molecule has 2 aromatic rings. The number of aromatic carboxylic acids is 1. The minimum Gasteiger partial charge on any atom is -0.478 e. The number of aryl methyl sites for hydroxylation is 1. The second kappa shape index (κ2) is 5.46. The van der Waals surface area contributed by atoms with Crippen molar-refractivity contribution in [3.63, 3.8) is 0 Å². The Labute approximate surface area is 129 Å². The van der Waals surface area contributed by atoms with E-state index in [-0.39, 0.29) is 11.5 Å². The Balaban J connectivity index is 1.90. The summed E-state index contributed by atoms with van der Waals surface area (Å²) in [6, 6.07) is 3.06. The van der Waals surface area contributed by atoms with Crippen LogP contribution in [0.25, 0.3) is 0 Å². The number of carbonyl (C=O) groups is 2. The average Bonchev–Trinajstić information content (AvgIpc) is 2.98. The summed E-state index contributed by atoms with van der Waals surface area (Å²) in [5.74, 6) is -1.39. The van der Waals surface area contributed by atoms with Gasteiger partial charge in [-0.15, -0.1) is 11.3 Å². The van der Waals surface area contributed by atoms with Gasteiger partial charge in [-0.25, -0.2) is 9.78 Å². The van der Waals surface area contributed by atoms with Crippen molar-refractivity contribution < 1.29 is 14.7 Å². The van der Waals surface area contributed by atoms with Crippen LogP contribution in [-0.2, 0) is 12.8 Å². The van der Waals surface area contributed by atoms with Crippen molar-refractivity contribution in [3.05, 3.63) is 45.1 Å². The van der Waals surface area contributed by atoms with E-state index in [9.17, 15) is 14.7 Å². The topological polar surface area (TPSA) is 79.3 Å². The summed E-state index contributed by atoms with van der Waals surface area (Å²) in [7, 11) is 0. The first-order valence-corrected chi connectivity index (χ1v) is 7.56. The van der Waals surface area contributed by atoms with Crippen LogP contribution in [0.4, 0.5) is 5.00 Å². The Morgan fingerprint density at radius 2 is 2.14 bits per heavy atom. The van der Waals surface area contributed by atoms with Crippen LogP contribution < -0.4 is 5.32 Å². The number of aromatic nitrogens is 1. The molecule has 0 saturated heterocycles. The number of rotatable bonds is 3. The SMILES string of the molecule is O=C(Nc1sc2c(c1C(=O)O)CCC2)c1ccc(Cl)nc1. The van der Waals surface area contributed by atoms with E-state index in [2.05, 4.69) is 10.3 Å². The van der Waals surface area contributed by atoms with Crippen LogP contribution in [0.15, 0.2) is 18.3 Å². The maximum atomic E-state index is 12.1. The number of hydrogen-bond acceptors (Lipinski definition) is 4. The highest BCUT2D eigenvalue weighted by Crippen LogP contribution is 2.39. The third kappa shape index (κ3) is 2.64. The van der Waals surface area contributed by atoms with Crippen molar-refractivity contribution in [1.82, 2.24) is 4.98 Å². The quantitative estimate of drug-likeness (QED) is 0.850. The zero-order valence-corrected chi connectivity index (χ0v) is 12.4. The van der Waals surface area contributed by atoms with Gasteiger partial charge in [0, 0.05) is 11.1 Å². The van der Waals surface area contributed by atoms with E-state index in [1.807, 2.05) is 0 Å². The first kappa shape index (κ1) is 14.0. The molecular formula is C14H11ClN2O3S. The highest BCUT2D eigenvalue weighted by molar-refractivity contribution is 7.17. The van der Waals surface area contributed by atoms with E-state index in [0.29, 0.717) is 15.7 Å². The Morgan fingerprint density at radius 1 is 1.33 bits per heavy atom. The van der Waals surface area contributed by atoms with Crippen LogP contribution in [0.3, 0.4) is 0 Å². The number of nitrogens with one attached hydrogen (secondary N) is 1. The standard InChI is InChI=1S/C14H11ClN2O3S/c15-10-5-4-7(6-16-10)12(18)17-13-11(14(19)20)8-2-1-3-9(8)21-13/h4-6H,1-3H2,(H,17,18)(H,19,20). The van der Waals surface area contributed by atoms with Crippen LogP contribution in [0.1, 0.15) is 37.6 Å². The summed E-state index contributed by atoms with van der Waals surface area (Å²) < 4.78 is 0. The second-order valence-corrected chi connectivity index (χ2v) is 6.18. The summed E-state index contributed by atoms with van der Waals surface area (Å²) >= 11 is 7.02. The summed E-state index contributed by atoms with van der Waals surface area (Å²) in [5.41, 5.74) is 1.42. The molecule has 0 spiro atoms. The first-order chi connectivity index (χ1) is 10.1. The number of thiophene rings is 1. The van der Waals surface area contributed by atoms with Crippen molar-refractivity contribution in [3.8, 4) is 0 Å². The predicted octanol–water partition coefficient (Wildman–Crippen LogP) is 3.24. The second-order valence-electron chi connectivity index (χ2n) is 4.69. The number of carboxylic acid groups (broad SMARTS) is 1. The third-order valence-corrected chi connectivity index (χ3v) is 4.78. The number of nitrogens with zero attached hydrogens (tertiary/aromatic N) is 1. The van der Waals surface area contributed by atoms with Crippen LogP contribution in [0, 0.1) is 0 Å². The molecule has 2 aromatic heterocycles. The van der Waals surface area contributed by atoms with Gasteiger partial charge in [-0.2, -0.15) is 0 Å². The lowest BCUT2D eigenvalue weighted by atomic mass is 10.1. The molecule has 2 heterocycles. The molecular weight excluding hydrogens is 312 g/mol. The minimum absolute atomic E-state index is 0.225. The van der Waals surface area contributed by atoms with E-state index >= 15 is 0 Å². The zero-order chi connectivity index (χ0) is 15.0. The Kier molecular flexibility index (Phi) is 3.65. The van der Waals surface area contributed by atoms with Crippen LogP contribution in [0.5, 0.6) is 0 Å². The van der Waals surface area contributed by atoms with E-state index in [1.165, 1.54) is 23.6 Å². The molecule has 1 aliphatic rings. The molecule has 0 aromatic carbocycles. The molecule has 0 bridgehead atoms. The van der Waals surface area contributed by atoms with Gasteiger partial charge in [0.1, 0.15) is 10.2 Å². The lowest BCUT2D eigenvalue weighted by Gasteiger charge is -2.05. The van der Waals surface area contributed by atoms with Gasteiger partial charge in [-0.05, 0) is 37.0 Å². The average molecular weight is 323 g/mol. The fourth-order valence-electron chi connectivity index (χ4n) is 2.40. The number of carbonyl (C=O) groups excluding carboxylic acids is 1. The van der Waals surface area contributed by atoms with Crippen LogP contribution in [-0.4, -0.2) is 22.0 Å². The summed E-state index contributed by atoms with van der Waals surface area (Å²) in [6.45, 7) is 0. The van der Waals surface area contributed by atoms with E-state index < -0.39 is 5.97 Å². The Morgan fingerprint density at radius 3 is 2.81 bits per heavy atom. The van der Waals surface area contributed by atoms with Gasteiger partial charge in [0.25, 0.3) is 5.91 Å². The zero-order valence-electron chi connectivity index (χ0n) is 10.9. The number of carboxylic acids is 1. The maximum Gasteiger partial charge on any atom is 0.339 e. The molecule has 0 fully saturated rings. The van der Waals surface area contributed by atoms with Gasteiger partial charge in [0.2, 0.25) is 0 Å². The number of pyridine rings is 1. The van der Waals surface area contributed by atoms with Gasteiger partial charge in [0.05, 0.1) is 11.1 Å². The summed E-state index contributed by atoms with van der Waals surface area (Å²) in [5, 5.41) is 12.7. The van der Waals surface area contributed by atoms with E-state index in [4.69, 9.17) is 11.6 Å². The van der Waals surface area contributed by atoms with Crippen molar-refractivity contribution in [1.29, 1.82) is 0 Å². The largest absolute Gasteiger partial charge is 0.478 e. The highest BCUT2D eigenvalue weighted by Gasteiger charge is 2.27. The maximum absolute atomic E-state index is 12.1. The molecule has 0 saturated carbocycles. The van der Waals surface area contributed by atoms with E-state index in [0.717, 1.165) is 29.7 Å². The molecule has 2 N–H and O–H groups in total. The molecule has 21 heavy (non-hydrogen) atoms. The van der Waals surface area contributed by atoms with Crippen molar-refractivity contribution in [2.24, 2.45) is 0 Å². The fourth-order valence-corrected chi connectivity index (χ4v) is 3.79. The van der Waals surface area contributed by atoms with Gasteiger partial charge in [0.15, 0.2) is 0 Å². The molecule has 0 aliphatic heterocycles. The van der Waals surface area contributed by atoms with Crippen molar-refractivity contribution in [2.75, 3.05) is 5.32 Å². The minimum atomic E-state index is -1.00. The molecule has 1 aliphatic carbocycles.